The van der Waals surface area contributed by atoms with Crippen molar-refractivity contribution >= 4 is 28.8 Å². The number of aromatic nitrogens is 2. The van der Waals surface area contributed by atoms with Gasteiger partial charge in [0.25, 0.3) is 0 Å². The number of carbonyl (C=O) groups is 3. The van der Waals surface area contributed by atoms with E-state index in [2.05, 4.69) is 11.4 Å². The number of halogens is 3. The summed E-state index contributed by atoms with van der Waals surface area (Å²) in [5.41, 5.74) is 2.23. The third-order valence-electron chi connectivity index (χ3n) is 5.55. The van der Waals surface area contributed by atoms with Gasteiger partial charge in [0.1, 0.15) is 0 Å². The zero-order chi connectivity index (χ0) is 23.6. The molecule has 0 saturated carbocycles. The number of aliphatic carboxylic acids is 1. The summed E-state index contributed by atoms with van der Waals surface area (Å²) in [6.07, 6.45) is -1.92. The van der Waals surface area contributed by atoms with E-state index in [1.165, 1.54) is 4.68 Å². The molecule has 0 spiro atoms. The predicted molar refractivity (Wildman–Crippen MR) is 108 cm³/mol. The van der Waals surface area contributed by atoms with Crippen molar-refractivity contribution in [3.05, 3.63) is 34.2 Å². The van der Waals surface area contributed by atoms with Crippen molar-refractivity contribution in [1.29, 1.82) is 0 Å². The van der Waals surface area contributed by atoms with Gasteiger partial charge in [-0.25, -0.2) is 9.59 Å². The summed E-state index contributed by atoms with van der Waals surface area (Å²) in [6, 6.07) is 5.78. The van der Waals surface area contributed by atoms with E-state index in [1.54, 1.807) is 11.6 Å². The van der Waals surface area contributed by atoms with Gasteiger partial charge in [0.2, 0.25) is 11.8 Å². The number of nitrogens with one attached hydrogen (secondary N) is 1. The number of carboxylic acids is 1. The molecule has 12 heteroatoms. The number of carboxylic acid groups (broad SMARTS) is 1. The van der Waals surface area contributed by atoms with Crippen LogP contribution in [0.5, 0.6) is 0 Å². The van der Waals surface area contributed by atoms with Crippen molar-refractivity contribution in [2.75, 3.05) is 18.1 Å². The number of hydrogen-bond acceptors (Lipinski definition) is 5. The van der Waals surface area contributed by atoms with Crippen LogP contribution in [0.25, 0.3) is 11.0 Å². The molecule has 32 heavy (non-hydrogen) atoms. The van der Waals surface area contributed by atoms with Crippen molar-refractivity contribution in [1.82, 2.24) is 14.6 Å². The highest BCUT2D eigenvalue weighted by molar-refractivity contribution is 6.11. The molecular formula is C20H23F3N4O5. The molecular weight excluding hydrogens is 433 g/mol. The molecule has 4 rings (SSSR count). The Morgan fingerprint density at radius 3 is 2.19 bits per heavy atom. The number of alkyl halides is 3. The van der Waals surface area contributed by atoms with E-state index in [9.17, 15) is 27.6 Å². The highest BCUT2D eigenvalue weighted by Gasteiger charge is 2.38. The Balaban J connectivity index is 0.000000360. The lowest BCUT2D eigenvalue weighted by Crippen LogP contribution is -2.52. The van der Waals surface area contributed by atoms with Crippen LogP contribution in [-0.2, 0) is 21.4 Å². The van der Waals surface area contributed by atoms with Gasteiger partial charge in [-0.2, -0.15) is 22.9 Å². The van der Waals surface area contributed by atoms with Crippen LogP contribution in [0.15, 0.2) is 23.0 Å². The lowest BCUT2D eigenvalue weighted by molar-refractivity contribution is -0.192. The SMILES string of the molecule is Cn1c(=O)n(N2C(=O)CCCC2=O)c2cccc(C3CCNCC3)c21.O=C(O)C(F)(F)F. The molecule has 3 heterocycles. The Morgan fingerprint density at radius 1 is 1.09 bits per heavy atom. The van der Waals surface area contributed by atoms with E-state index >= 15 is 0 Å². The van der Waals surface area contributed by atoms with Gasteiger partial charge in [-0.1, -0.05) is 12.1 Å². The number of amides is 2. The zero-order valence-electron chi connectivity index (χ0n) is 17.3. The van der Waals surface area contributed by atoms with Gasteiger partial charge in [0, 0.05) is 19.9 Å². The summed E-state index contributed by atoms with van der Waals surface area (Å²) < 4.78 is 34.6. The number of carbonyl (C=O) groups excluding carboxylic acids is 2. The Morgan fingerprint density at radius 2 is 1.66 bits per heavy atom. The van der Waals surface area contributed by atoms with Crippen molar-refractivity contribution in [3.8, 4) is 0 Å². The second kappa shape index (κ2) is 9.15. The lowest BCUT2D eigenvalue weighted by atomic mass is 9.89. The normalized spacial score (nSPS) is 17.9. The fraction of sp³-hybridized carbons (Fsp3) is 0.500. The third-order valence-corrected chi connectivity index (χ3v) is 5.55. The summed E-state index contributed by atoms with van der Waals surface area (Å²) in [7, 11) is 1.71. The molecule has 2 aromatic rings. The quantitative estimate of drug-likeness (QED) is 0.664. The van der Waals surface area contributed by atoms with Crippen molar-refractivity contribution in [2.45, 2.75) is 44.2 Å². The molecule has 1 aromatic heterocycles. The number of para-hydroxylation sites is 1. The Labute approximate surface area is 180 Å². The molecule has 0 atom stereocenters. The Kier molecular flexibility index (Phi) is 6.72. The lowest BCUT2D eigenvalue weighted by Gasteiger charge is -2.25. The molecule has 2 aliphatic heterocycles. The fourth-order valence-electron chi connectivity index (χ4n) is 4.05. The molecule has 2 N–H and O–H groups in total. The summed E-state index contributed by atoms with van der Waals surface area (Å²) in [5.74, 6) is -3.00. The topological polar surface area (TPSA) is 114 Å². The van der Waals surface area contributed by atoms with Gasteiger partial charge in [0.15, 0.2) is 0 Å². The molecule has 0 radical (unpaired) electrons. The molecule has 1 aromatic carbocycles. The minimum Gasteiger partial charge on any atom is -0.475 e. The van der Waals surface area contributed by atoms with Gasteiger partial charge in [-0.05, 0) is 49.9 Å². The average Bonchev–Trinajstić information content (AvgIpc) is 2.99. The predicted octanol–water partition coefficient (Wildman–Crippen LogP) is 1.62. The average molecular weight is 456 g/mol. The zero-order valence-corrected chi connectivity index (χ0v) is 17.3. The van der Waals surface area contributed by atoms with Crippen molar-refractivity contribution in [3.63, 3.8) is 0 Å². The molecule has 0 bridgehead atoms. The number of fused-ring (bicyclic) bond motifs is 1. The molecule has 9 nitrogen and oxygen atoms in total. The van der Waals surface area contributed by atoms with Crippen LogP contribution in [0.3, 0.4) is 0 Å². The second-order valence-corrected chi connectivity index (χ2v) is 7.65. The maximum atomic E-state index is 12.9. The van der Waals surface area contributed by atoms with Crippen molar-refractivity contribution in [2.24, 2.45) is 7.05 Å². The van der Waals surface area contributed by atoms with E-state index in [0.29, 0.717) is 30.7 Å². The largest absolute Gasteiger partial charge is 0.490 e. The van der Waals surface area contributed by atoms with Gasteiger partial charge in [-0.15, -0.1) is 0 Å². The minimum atomic E-state index is -5.08. The fourth-order valence-corrected chi connectivity index (χ4v) is 4.05. The standard InChI is InChI=1S/C18H22N4O3.C2HF3O2/c1-20-17-13(12-8-10-19-11-9-12)4-2-5-14(17)21(18(20)25)22-15(23)6-3-7-16(22)24;3-2(4,5)1(6)7/h2,4-5,12,19H,3,6-11H2,1H3;(H,6,7). The van der Waals surface area contributed by atoms with Crippen LogP contribution in [0.2, 0.25) is 0 Å². The van der Waals surface area contributed by atoms with Crippen LogP contribution in [0, 0.1) is 0 Å². The van der Waals surface area contributed by atoms with Gasteiger partial charge < -0.3 is 10.4 Å². The minimum absolute atomic E-state index is 0.294. The number of imide groups is 1. The van der Waals surface area contributed by atoms with Gasteiger partial charge in [-0.3, -0.25) is 14.2 Å². The van der Waals surface area contributed by atoms with E-state index in [4.69, 9.17) is 9.90 Å². The molecule has 0 aliphatic carbocycles. The number of imidazole rings is 1. The van der Waals surface area contributed by atoms with Crippen LogP contribution < -0.4 is 16.0 Å². The Hall–Kier alpha value is -3.15. The first-order chi connectivity index (χ1) is 15.0. The number of benzene rings is 1. The first-order valence-electron chi connectivity index (χ1n) is 10.1. The van der Waals surface area contributed by atoms with Crippen LogP contribution in [0.4, 0.5) is 13.2 Å². The van der Waals surface area contributed by atoms with E-state index in [0.717, 1.165) is 42.0 Å². The summed E-state index contributed by atoms with van der Waals surface area (Å²) in [6.45, 7) is 1.91. The maximum absolute atomic E-state index is 12.9. The number of aryl methyl sites for hydroxylation is 1. The highest BCUT2D eigenvalue weighted by atomic mass is 19.4. The number of piperidine rings is 2. The van der Waals surface area contributed by atoms with Crippen molar-refractivity contribution < 1.29 is 32.7 Å². The van der Waals surface area contributed by atoms with Crippen LogP contribution >= 0.6 is 0 Å². The van der Waals surface area contributed by atoms with Crippen LogP contribution in [0.1, 0.15) is 43.6 Å². The number of nitrogens with zero attached hydrogens (tertiary/aromatic N) is 3. The summed E-state index contributed by atoms with van der Waals surface area (Å²) in [5, 5.41) is 11.5. The second-order valence-electron chi connectivity index (χ2n) is 7.65. The summed E-state index contributed by atoms with van der Waals surface area (Å²) >= 11 is 0. The molecule has 2 fully saturated rings. The van der Waals surface area contributed by atoms with E-state index in [-0.39, 0.29) is 17.5 Å². The first kappa shape index (κ1) is 23.5. The van der Waals surface area contributed by atoms with E-state index < -0.39 is 12.1 Å². The monoisotopic (exact) mass is 456 g/mol. The molecule has 174 valence electrons. The summed E-state index contributed by atoms with van der Waals surface area (Å²) in [4.78, 5) is 46.4. The smallest absolute Gasteiger partial charge is 0.475 e. The van der Waals surface area contributed by atoms with Gasteiger partial charge >= 0.3 is 17.8 Å². The molecule has 2 aliphatic rings. The maximum Gasteiger partial charge on any atom is 0.490 e. The highest BCUT2D eigenvalue weighted by Crippen LogP contribution is 2.31. The first-order valence-corrected chi connectivity index (χ1v) is 10.1. The van der Waals surface area contributed by atoms with Crippen LogP contribution in [-0.4, -0.2) is 51.4 Å². The van der Waals surface area contributed by atoms with Gasteiger partial charge in [0.05, 0.1) is 11.0 Å². The van der Waals surface area contributed by atoms with E-state index in [1.807, 2.05) is 12.1 Å². The number of hydrogen-bond donors (Lipinski definition) is 2. The molecule has 2 amide bonds. The third kappa shape index (κ3) is 4.54. The molecule has 2 saturated heterocycles. The Bertz CT molecular complexity index is 1080. The number of rotatable bonds is 2. The molecule has 0 unspecified atom stereocenters.